The van der Waals surface area contributed by atoms with Crippen LogP contribution in [0.3, 0.4) is 0 Å². The second-order valence-electron chi connectivity index (χ2n) is 9.59. The molecule has 33 heavy (non-hydrogen) atoms. The molecule has 184 valence electrons. The molecule has 6 atom stereocenters. The molecule has 2 bridgehead atoms. The number of aliphatic hydroxyl groups excluding tert-OH is 1. The van der Waals surface area contributed by atoms with Gasteiger partial charge in [-0.25, -0.2) is 0 Å². The van der Waals surface area contributed by atoms with E-state index >= 15 is 0 Å². The minimum absolute atomic E-state index is 0.0134. The van der Waals surface area contributed by atoms with Crippen LogP contribution in [-0.4, -0.2) is 94.6 Å². The van der Waals surface area contributed by atoms with Gasteiger partial charge in [0.1, 0.15) is 11.6 Å². The van der Waals surface area contributed by atoms with E-state index in [0.29, 0.717) is 32.4 Å². The SMILES string of the molecule is C=CCN(C)C(=O)[C@@H]1[C@H]2C(=O)N(CCCO)C(C(=O)N(CC=C)C(C)CCC)C23CC[C@H]1O3. The van der Waals surface area contributed by atoms with Crippen LogP contribution in [0.15, 0.2) is 25.3 Å². The largest absolute Gasteiger partial charge is 0.396 e. The average molecular weight is 462 g/mol. The molecule has 8 heteroatoms. The number of amides is 3. The van der Waals surface area contributed by atoms with E-state index in [-0.39, 0.29) is 43.0 Å². The quantitative estimate of drug-likeness (QED) is 0.446. The highest BCUT2D eigenvalue weighted by Crippen LogP contribution is 2.59. The summed E-state index contributed by atoms with van der Waals surface area (Å²) in [6.45, 7) is 12.6. The molecule has 0 aromatic carbocycles. The minimum Gasteiger partial charge on any atom is -0.396 e. The van der Waals surface area contributed by atoms with Gasteiger partial charge in [-0.2, -0.15) is 0 Å². The molecule has 3 rings (SSSR count). The smallest absolute Gasteiger partial charge is 0.248 e. The Hall–Kier alpha value is -2.19. The van der Waals surface area contributed by atoms with Gasteiger partial charge in [-0.15, -0.1) is 13.2 Å². The lowest BCUT2D eigenvalue weighted by Crippen LogP contribution is -2.58. The molecule has 8 nitrogen and oxygen atoms in total. The summed E-state index contributed by atoms with van der Waals surface area (Å²) in [5.74, 6) is -1.80. The van der Waals surface area contributed by atoms with Crippen molar-refractivity contribution in [3.05, 3.63) is 25.3 Å². The van der Waals surface area contributed by atoms with Crippen LogP contribution < -0.4 is 0 Å². The van der Waals surface area contributed by atoms with E-state index in [1.54, 1.807) is 33.9 Å². The Bertz CT molecular complexity index is 786. The highest BCUT2D eigenvalue weighted by molar-refractivity contribution is 5.99. The van der Waals surface area contributed by atoms with Crippen LogP contribution in [0.2, 0.25) is 0 Å². The number of nitrogens with zero attached hydrogens (tertiary/aromatic N) is 3. The zero-order chi connectivity index (χ0) is 24.3. The van der Waals surface area contributed by atoms with Gasteiger partial charge in [-0.05, 0) is 32.6 Å². The monoisotopic (exact) mass is 461 g/mol. The molecule has 3 heterocycles. The van der Waals surface area contributed by atoms with Gasteiger partial charge in [0, 0.05) is 39.3 Å². The number of rotatable bonds is 12. The third-order valence-electron chi connectivity index (χ3n) is 7.50. The van der Waals surface area contributed by atoms with Gasteiger partial charge in [0.2, 0.25) is 17.7 Å². The maximum absolute atomic E-state index is 14.0. The molecule has 1 N–H and O–H groups in total. The van der Waals surface area contributed by atoms with E-state index in [0.717, 1.165) is 12.8 Å². The van der Waals surface area contributed by atoms with Gasteiger partial charge in [0.15, 0.2) is 0 Å². The number of hydrogen-bond acceptors (Lipinski definition) is 5. The second kappa shape index (κ2) is 10.4. The lowest BCUT2D eigenvalue weighted by atomic mass is 9.70. The first-order valence-corrected chi connectivity index (χ1v) is 12.1. The summed E-state index contributed by atoms with van der Waals surface area (Å²) >= 11 is 0. The molecule has 0 saturated carbocycles. The molecule has 0 radical (unpaired) electrons. The van der Waals surface area contributed by atoms with Crippen LogP contribution in [-0.2, 0) is 19.1 Å². The number of hydrogen-bond donors (Lipinski definition) is 1. The van der Waals surface area contributed by atoms with Crippen molar-refractivity contribution in [2.45, 2.75) is 69.7 Å². The molecule has 0 aliphatic carbocycles. The first-order valence-electron chi connectivity index (χ1n) is 12.1. The highest BCUT2D eigenvalue weighted by atomic mass is 16.5. The molecule has 0 aromatic heterocycles. The predicted octanol–water partition coefficient (Wildman–Crippen LogP) is 1.59. The molecule has 3 aliphatic heterocycles. The Morgan fingerprint density at radius 1 is 1.30 bits per heavy atom. The minimum atomic E-state index is -1.00. The van der Waals surface area contributed by atoms with E-state index in [1.165, 1.54) is 0 Å². The third-order valence-corrected chi connectivity index (χ3v) is 7.50. The van der Waals surface area contributed by atoms with Crippen molar-refractivity contribution in [2.75, 3.05) is 33.3 Å². The van der Waals surface area contributed by atoms with Crippen molar-refractivity contribution in [2.24, 2.45) is 11.8 Å². The zero-order valence-corrected chi connectivity index (χ0v) is 20.2. The van der Waals surface area contributed by atoms with E-state index in [4.69, 9.17) is 4.74 Å². The summed E-state index contributed by atoms with van der Waals surface area (Å²) < 4.78 is 6.46. The molecular formula is C25H39N3O5. The Kier molecular flexibility index (Phi) is 8.00. The van der Waals surface area contributed by atoms with Gasteiger partial charge in [0.25, 0.3) is 0 Å². The van der Waals surface area contributed by atoms with Gasteiger partial charge < -0.3 is 24.5 Å². The molecule has 0 aromatic rings. The van der Waals surface area contributed by atoms with Crippen molar-refractivity contribution in [3.63, 3.8) is 0 Å². The summed E-state index contributed by atoms with van der Waals surface area (Å²) in [7, 11) is 1.70. The summed E-state index contributed by atoms with van der Waals surface area (Å²) in [4.78, 5) is 46.0. The standard InChI is InChI=1S/C25H39N3O5/c1-6-10-17(4)27(14-8-3)24(32)21-25-12-11-18(33-25)19(22(30)26(5)13-7-2)20(25)23(31)28(21)15-9-16-29/h7-8,17-21,29H,2-3,6,9-16H2,1,4-5H3/t17?,18-,19+,20+,21?,25?/m1/s1. The predicted molar refractivity (Wildman–Crippen MR) is 125 cm³/mol. The third kappa shape index (κ3) is 4.23. The fourth-order valence-corrected chi connectivity index (χ4v) is 6.09. The van der Waals surface area contributed by atoms with Crippen molar-refractivity contribution >= 4 is 17.7 Å². The number of aliphatic hydroxyl groups is 1. The van der Waals surface area contributed by atoms with Crippen molar-refractivity contribution in [3.8, 4) is 0 Å². The average Bonchev–Trinajstić information content (AvgIpc) is 3.42. The molecule has 1 spiro atoms. The van der Waals surface area contributed by atoms with Crippen LogP contribution in [0.1, 0.15) is 46.0 Å². The van der Waals surface area contributed by atoms with E-state index in [1.807, 2.05) is 6.92 Å². The molecule has 3 unspecified atom stereocenters. The van der Waals surface area contributed by atoms with Crippen LogP contribution in [0.25, 0.3) is 0 Å². The summed E-state index contributed by atoms with van der Waals surface area (Å²) in [5, 5.41) is 9.45. The Labute approximate surface area is 197 Å². The fraction of sp³-hybridized carbons (Fsp3) is 0.720. The number of carbonyl (C=O) groups excluding carboxylic acids is 3. The van der Waals surface area contributed by atoms with Gasteiger partial charge in [0.05, 0.1) is 17.9 Å². The van der Waals surface area contributed by atoms with E-state index in [2.05, 4.69) is 20.1 Å². The van der Waals surface area contributed by atoms with Crippen LogP contribution >= 0.6 is 0 Å². The van der Waals surface area contributed by atoms with Gasteiger partial charge >= 0.3 is 0 Å². The maximum atomic E-state index is 14.0. The topological polar surface area (TPSA) is 90.4 Å². The molecule has 3 aliphatic rings. The van der Waals surface area contributed by atoms with Crippen molar-refractivity contribution < 1.29 is 24.2 Å². The molecular weight excluding hydrogens is 422 g/mol. The second-order valence-corrected chi connectivity index (χ2v) is 9.59. The molecule has 3 fully saturated rings. The van der Waals surface area contributed by atoms with E-state index < -0.39 is 23.5 Å². The summed E-state index contributed by atoms with van der Waals surface area (Å²) in [6.07, 6.45) is 6.34. The normalized spacial score (nSPS) is 30.8. The van der Waals surface area contributed by atoms with Crippen LogP contribution in [0, 0.1) is 11.8 Å². The first kappa shape index (κ1) is 25.4. The lowest BCUT2D eigenvalue weighted by molar-refractivity contribution is -0.150. The Morgan fingerprint density at radius 3 is 2.61 bits per heavy atom. The van der Waals surface area contributed by atoms with Crippen LogP contribution in [0.5, 0.6) is 0 Å². The Balaban J connectivity index is 2.01. The van der Waals surface area contributed by atoms with Gasteiger partial charge in [-0.1, -0.05) is 25.5 Å². The summed E-state index contributed by atoms with van der Waals surface area (Å²) in [5.41, 5.74) is -1.00. The number of likely N-dealkylation sites (tertiary alicyclic amines) is 1. The highest BCUT2D eigenvalue weighted by Gasteiger charge is 2.74. The summed E-state index contributed by atoms with van der Waals surface area (Å²) in [6, 6.07) is -0.811. The lowest BCUT2D eigenvalue weighted by Gasteiger charge is -2.39. The zero-order valence-electron chi connectivity index (χ0n) is 20.2. The molecule has 3 amide bonds. The van der Waals surface area contributed by atoms with E-state index in [9.17, 15) is 19.5 Å². The van der Waals surface area contributed by atoms with Gasteiger partial charge in [-0.3, -0.25) is 14.4 Å². The number of fused-ring (bicyclic) bond motifs is 1. The fourth-order valence-electron chi connectivity index (χ4n) is 6.09. The number of likely N-dealkylation sites (N-methyl/N-ethyl adjacent to an activating group) is 1. The Morgan fingerprint density at radius 2 is 2.00 bits per heavy atom. The number of carbonyl (C=O) groups is 3. The maximum Gasteiger partial charge on any atom is 0.248 e. The first-order chi connectivity index (χ1) is 15.8. The number of ether oxygens (including phenoxy) is 1. The van der Waals surface area contributed by atoms with Crippen molar-refractivity contribution in [1.29, 1.82) is 0 Å². The van der Waals surface area contributed by atoms with Crippen LogP contribution in [0.4, 0.5) is 0 Å². The molecule has 3 saturated heterocycles. The van der Waals surface area contributed by atoms with Crippen molar-refractivity contribution in [1.82, 2.24) is 14.7 Å².